The zero-order valence-corrected chi connectivity index (χ0v) is 21.1. The van der Waals surface area contributed by atoms with E-state index in [1.807, 2.05) is 24.3 Å². The van der Waals surface area contributed by atoms with Crippen LogP contribution in [0, 0.1) is 10.1 Å². The van der Waals surface area contributed by atoms with Crippen molar-refractivity contribution in [1.29, 1.82) is 0 Å². The smallest absolute Gasteiger partial charge is 0.341 e. The molecule has 4 rings (SSSR count). The van der Waals surface area contributed by atoms with E-state index in [9.17, 15) is 14.9 Å². The van der Waals surface area contributed by atoms with Gasteiger partial charge in [0.15, 0.2) is 5.11 Å². The third-order valence-electron chi connectivity index (χ3n) is 5.93. The summed E-state index contributed by atoms with van der Waals surface area (Å²) >= 11 is 7.13. The van der Waals surface area contributed by atoms with E-state index in [-0.39, 0.29) is 16.6 Å². The maximum absolute atomic E-state index is 12.8. The highest BCUT2D eigenvalue weighted by Crippen LogP contribution is 2.38. The molecular weight excluding hydrogens is 482 g/mol. The summed E-state index contributed by atoms with van der Waals surface area (Å²) in [5, 5.41) is 18.8. The van der Waals surface area contributed by atoms with Gasteiger partial charge in [-0.25, -0.2) is 4.79 Å². The summed E-state index contributed by atoms with van der Waals surface area (Å²) in [6.45, 7) is 2.12. The first kappa shape index (κ1) is 24.8. The van der Waals surface area contributed by atoms with Gasteiger partial charge in [0.25, 0.3) is 5.69 Å². The van der Waals surface area contributed by atoms with Gasteiger partial charge in [0.2, 0.25) is 0 Å². The molecule has 1 aliphatic carbocycles. The van der Waals surface area contributed by atoms with Crippen LogP contribution in [0.25, 0.3) is 11.1 Å². The number of nitrogens with one attached hydrogen (secondary N) is 2. The minimum absolute atomic E-state index is 0.0603. The molecule has 0 saturated carbocycles. The SMILES string of the molecule is CCOC(=O)c1c(NC(=S)Nc2ccc(-c3ccccc3[N+](=O)[O-])cc2)sc2c1CCCCCC2. The zero-order valence-electron chi connectivity index (χ0n) is 19.5. The molecule has 0 saturated heterocycles. The van der Waals surface area contributed by atoms with Gasteiger partial charge in [0, 0.05) is 16.6 Å². The molecule has 0 radical (unpaired) electrons. The van der Waals surface area contributed by atoms with Crippen LogP contribution in [0.3, 0.4) is 0 Å². The van der Waals surface area contributed by atoms with E-state index < -0.39 is 0 Å². The first-order valence-electron chi connectivity index (χ1n) is 11.7. The number of ether oxygens (including phenoxy) is 1. The van der Waals surface area contributed by atoms with Gasteiger partial charge < -0.3 is 15.4 Å². The predicted octanol–water partition coefficient (Wildman–Crippen LogP) is 6.97. The number of nitro benzene ring substituents is 1. The summed E-state index contributed by atoms with van der Waals surface area (Å²) < 4.78 is 5.36. The molecule has 0 atom stereocenters. The topological polar surface area (TPSA) is 93.5 Å². The zero-order chi connectivity index (χ0) is 24.8. The van der Waals surface area contributed by atoms with Gasteiger partial charge in [0.1, 0.15) is 5.00 Å². The average Bonchev–Trinajstić information content (AvgIpc) is 3.15. The summed E-state index contributed by atoms with van der Waals surface area (Å²) in [5.74, 6) is -0.315. The quantitative estimate of drug-likeness (QED) is 0.160. The van der Waals surface area contributed by atoms with Crippen molar-refractivity contribution in [3.8, 4) is 11.1 Å². The van der Waals surface area contributed by atoms with Crippen LogP contribution in [-0.4, -0.2) is 22.6 Å². The van der Waals surface area contributed by atoms with Crippen LogP contribution in [0.5, 0.6) is 0 Å². The first-order chi connectivity index (χ1) is 17.0. The number of aryl methyl sites for hydroxylation is 1. The Bertz CT molecular complexity index is 1240. The largest absolute Gasteiger partial charge is 0.462 e. The van der Waals surface area contributed by atoms with Crippen LogP contribution in [0.15, 0.2) is 48.5 Å². The van der Waals surface area contributed by atoms with E-state index >= 15 is 0 Å². The molecule has 0 unspecified atom stereocenters. The molecule has 1 aliphatic rings. The summed E-state index contributed by atoms with van der Waals surface area (Å²) in [6, 6.07) is 13.9. The maximum atomic E-state index is 12.8. The number of para-hydroxylation sites is 1. The molecule has 0 amide bonds. The molecule has 2 aromatic carbocycles. The number of rotatable bonds is 6. The average molecular weight is 510 g/mol. The minimum Gasteiger partial charge on any atom is -0.462 e. The number of hydrogen-bond donors (Lipinski definition) is 2. The van der Waals surface area contributed by atoms with Crippen LogP contribution >= 0.6 is 23.6 Å². The summed E-state index contributed by atoms with van der Waals surface area (Å²) in [7, 11) is 0. The molecule has 9 heteroatoms. The van der Waals surface area contributed by atoms with E-state index in [1.165, 1.54) is 23.8 Å². The second kappa shape index (κ2) is 11.4. The monoisotopic (exact) mass is 509 g/mol. The number of hydrogen-bond acceptors (Lipinski definition) is 6. The van der Waals surface area contributed by atoms with Crippen molar-refractivity contribution >= 4 is 51.0 Å². The highest BCUT2D eigenvalue weighted by molar-refractivity contribution is 7.80. The summed E-state index contributed by atoms with van der Waals surface area (Å²) in [4.78, 5) is 25.0. The number of thiophene rings is 1. The fourth-order valence-corrected chi connectivity index (χ4v) is 5.87. The lowest BCUT2D eigenvalue weighted by Gasteiger charge is -2.13. The fraction of sp³-hybridized carbons (Fsp3) is 0.308. The van der Waals surface area contributed by atoms with Crippen LogP contribution in [-0.2, 0) is 17.6 Å². The molecule has 1 aromatic heterocycles. The van der Waals surface area contributed by atoms with Crippen molar-refractivity contribution in [1.82, 2.24) is 0 Å². The third-order valence-corrected chi connectivity index (χ3v) is 7.34. The van der Waals surface area contributed by atoms with Crippen LogP contribution in [0.4, 0.5) is 16.4 Å². The van der Waals surface area contributed by atoms with Crippen molar-refractivity contribution in [2.75, 3.05) is 17.2 Å². The van der Waals surface area contributed by atoms with Crippen molar-refractivity contribution in [2.24, 2.45) is 0 Å². The highest BCUT2D eigenvalue weighted by atomic mass is 32.1. The number of carbonyl (C=O) groups is 1. The first-order valence-corrected chi connectivity index (χ1v) is 12.9. The molecule has 3 aromatic rings. The highest BCUT2D eigenvalue weighted by Gasteiger charge is 2.25. The maximum Gasteiger partial charge on any atom is 0.341 e. The number of anilines is 2. The minimum atomic E-state index is -0.383. The Balaban J connectivity index is 1.52. The van der Waals surface area contributed by atoms with Gasteiger partial charge in [0.05, 0.1) is 22.7 Å². The Morgan fingerprint density at radius 1 is 1.06 bits per heavy atom. The Morgan fingerprint density at radius 3 is 2.49 bits per heavy atom. The molecule has 0 aliphatic heterocycles. The third kappa shape index (κ3) is 5.86. The standard InChI is InChI=1S/C26H27N3O4S2/c1-2-33-25(30)23-20-10-5-3-4-6-12-22(20)35-24(23)28-26(34)27-18-15-13-17(14-16-18)19-9-7-8-11-21(19)29(31)32/h7-9,11,13-16H,2-6,10,12H2,1H3,(H2,27,28,34). The number of benzene rings is 2. The summed E-state index contributed by atoms with van der Waals surface area (Å²) in [6.07, 6.45) is 6.38. The van der Waals surface area contributed by atoms with Gasteiger partial charge in [-0.15, -0.1) is 11.3 Å². The van der Waals surface area contributed by atoms with Gasteiger partial charge in [-0.2, -0.15) is 0 Å². The van der Waals surface area contributed by atoms with Crippen molar-refractivity contribution in [3.05, 3.63) is 74.6 Å². The molecule has 2 N–H and O–H groups in total. The van der Waals surface area contributed by atoms with E-state index in [2.05, 4.69) is 10.6 Å². The molecular formula is C26H27N3O4S2. The number of carbonyl (C=O) groups excluding carboxylic acids is 1. The van der Waals surface area contributed by atoms with E-state index in [4.69, 9.17) is 17.0 Å². The fourth-order valence-electron chi connectivity index (χ4n) is 4.30. The van der Waals surface area contributed by atoms with Crippen molar-refractivity contribution < 1.29 is 14.5 Å². The lowest BCUT2D eigenvalue weighted by atomic mass is 9.96. The van der Waals surface area contributed by atoms with E-state index in [0.717, 1.165) is 42.5 Å². The Hall–Kier alpha value is -3.30. The van der Waals surface area contributed by atoms with Crippen LogP contribution in [0.1, 0.15) is 53.4 Å². The molecule has 35 heavy (non-hydrogen) atoms. The lowest BCUT2D eigenvalue weighted by molar-refractivity contribution is -0.384. The van der Waals surface area contributed by atoms with Gasteiger partial charge >= 0.3 is 5.97 Å². The number of nitrogens with zero attached hydrogens (tertiary/aromatic N) is 1. The normalized spacial score (nSPS) is 13.2. The van der Waals surface area contributed by atoms with Crippen molar-refractivity contribution in [3.63, 3.8) is 0 Å². The lowest BCUT2D eigenvalue weighted by Crippen LogP contribution is -2.20. The molecule has 0 fully saturated rings. The molecule has 0 spiro atoms. The van der Waals surface area contributed by atoms with Gasteiger partial charge in [-0.1, -0.05) is 37.1 Å². The predicted molar refractivity (Wildman–Crippen MR) is 145 cm³/mol. The number of esters is 1. The number of thiocarbonyl (C=S) groups is 1. The van der Waals surface area contributed by atoms with E-state index in [0.29, 0.717) is 27.8 Å². The number of nitro groups is 1. The van der Waals surface area contributed by atoms with Crippen molar-refractivity contribution in [2.45, 2.75) is 45.4 Å². The molecule has 1 heterocycles. The second-order valence-corrected chi connectivity index (χ2v) is 9.79. The Morgan fingerprint density at radius 2 is 1.77 bits per heavy atom. The van der Waals surface area contributed by atoms with Crippen LogP contribution < -0.4 is 10.6 Å². The molecule has 7 nitrogen and oxygen atoms in total. The van der Waals surface area contributed by atoms with E-state index in [1.54, 1.807) is 36.5 Å². The van der Waals surface area contributed by atoms with Gasteiger partial charge in [-0.05, 0) is 74.2 Å². The Labute approximate surface area is 213 Å². The number of fused-ring (bicyclic) bond motifs is 1. The second-order valence-electron chi connectivity index (χ2n) is 8.27. The summed E-state index contributed by atoms with van der Waals surface area (Å²) in [5.41, 5.74) is 3.78. The Kier molecular flexibility index (Phi) is 8.09. The molecule has 0 bridgehead atoms. The molecule has 182 valence electrons. The van der Waals surface area contributed by atoms with Gasteiger partial charge in [-0.3, -0.25) is 10.1 Å². The van der Waals surface area contributed by atoms with Crippen LogP contribution in [0.2, 0.25) is 0 Å².